The fourth-order valence-corrected chi connectivity index (χ4v) is 2.09. The number of fused-ring (bicyclic) bond motifs is 1. The first-order valence-electron chi connectivity index (χ1n) is 6.20. The molecule has 0 fully saturated rings. The summed E-state index contributed by atoms with van der Waals surface area (Å²) in [4.78, 5) is 18.6. The van der Waals surface area contributed by atoms with Crippen LogP contribution >= 0.6 is 0 Å². The molecule has 96 valence electrons. The minimum atomic E-state index is 0.0208. The molecule has 0 atom stereocenters. The van der Waals surface area contributed by atoms with E-state index >= 15 is 0 Å². The van der Waals surface area contributed by atoms with Crippen LogP contribution in [0.5, 0.6) is 0 Å². The van der Waals surface area contributed by atoms with Gasteiger partial charge >= 0.3 is 0 Å². The minimum Gasteiger partial charge on any atom is -0.309 e. The summed E-state index contributed by atoms with van der Waals surface area (Å²) in [5.74, 6) is 0. The van der Waals surface area contributed by atoms with E-state index in [1.165, 1.54) is 0 Å². The van der Waals surface area contributed by atoms with Gasteiger partial charge in [0.1, 0.15) is 5.69 Å². The molecule has 0 unspecified atom stereocenters. The molecule has 0 saturated carbocycles. The van der Waals surface area contributed by atoms with E-state index in [2.05, 4.69) is 9.88 Å². The van der Waals surface area contributed by atoms with E-state index in [-0.39, 0.29) is 5.56 Å². The van der Waals surface area contributed by atoms with Gasteiger partial charge in [0.25, 0.3) is 5.56 Å². The lowest BCUT2D eigenvalue weighted by atomic mass is 10.2. The number of hydrogen-bond donors (Lipinski definition) is 0. The van der Waals surface area contributed by atoms with Crippen LogP contribution in [0.1, 0.15) is 12.1 Å². The average molecular weight is 245 g/mol. The van der Waals surface area contributed by atoms with Gasteiger partial charge in [-0.1, -0.05) is 12.1 Å². The summed E-state index contributed by atoms with van der Waals surface area (Å²) >= 11 is 0. The Kier molecular flexibility index (Phi) is 3.77. The number of rotatable bonds is 4. The zero-order chi connectivity index (χ0) is 13.1. The minimum absolute atomic E-state index is 0.0208. The van der Waals surface area contributed by atoms with E-state index < -0.39 is 0 Å². The first-order valence-corrected chi connectivity index (χ1v) is 6.20. The Balaban J connectivity index is 2.41. The molecule has 2 rings (SSSR count). The molecule has 0 bridgehead atoms. The monoisotopic (exact) mass is 245 g/mol. The van der Waals surface area contributed by atoms with E-state index in [1.807, 2.05) is 42.9 Å². The molecular formula is C14H19N3O. The summed E-state index contributed by atoms with van der Waals surface area (Å²) in [6.07, 6.45) is 0.959. The second kappa shape index (κ2) is 5.31. The Morgan fingerprint density at radius 2 is 2.00 bits per heavy atom. The molecule has 18 heavy (non-hydrogen) atoms. The van der Waals surface area contributed by atoms with Crippen molar-refractivity contribution in [3.05, 3.63) is 40.3 Å². The molecule has 0 aliphatic heterocycles. The number of aryl methyl sites for hydroxylation is 2. The lowest BCUT2D eigenvalue weighted by Crippen LogP contribution is -2.26. The average Bonchev–Trinajstić information content (AvgIpc) is 2.33. The predicted molar refractivity (Wildman–Crippen MR) is 73.9 cm³/mol. The number of aromatic nitrogens is 2. The molecule has 0 amide bonds. The largest absolute Gasteiger partial charge is 0.309 e. The number of hydrogen-bond acceptors (Lipinski definition) is 3. The Bertz CT molecular complexity index is 602. The van der Waals surface area contributed by atoms with E-state index in [0.717, 1.165) is 30.5 Å². The Morgan fingerprint density at radius 3 is 2.72 bits per heavy atom. The molecule has 1 heterocycles. The number of benzene rings is 1. The summed E-state index contributed by atoms with van der Waals surface area (Å²) in [6, 6.07) is 7.80. The van der Waals surface area contributed by atoms with Gasteiger partial charge in [0.05, 0.1) is 11.0 Å². The summed E-state index contributed by atoms with van der Waals surface area (Å²) in [5, 5.41) is 0. The van der Waals surface area contributed by atoms with Crippen LogP contribution in [0.25, 0.3) is 11.0 Å². The van der Waals surface area contributed by atoms with Crippen molar-refractivity contribution >= 4 is 11.0 Å². The molecule has 4 nitrogen and oxygen atoms in total. The van der Waals surface area contributed by atoms with Gasteiger partial charge in [-0.25, -0.2) is 4.98 Å². The van der Waals surface area contributed by atoms with Gasteiger partial charge in [-0.15, -0.1) is 0 Å². The number of para-hydroxylation sites is 2. The quantitative estimate of drug-likeness (QED) is 0.822. The van der Waals surface area contributed by atoms with Gasteiger partial charge in [-0.3, -0.25) is 4.79 Å². The Morgan fingerprint density at radius 1 is 1.28 bits per heavy atom. The zero-order valence-electron chi connectivity index (χ0n) is 11.2. The van der Waals surface area contributed by atoms with Crippen LogP contribution in [0.4, 0.5) is 0 Å². The van der Waals surface area contributed by atoms with Gasteiger partial charge < -0.3 is 9.47 Å². The lowest BCUT2D eigenvalue weighted by Gasteiger charge is -2.13. The van der Waals surface area contributed by atoms with E-state index in [9.17, 15) is 4.79 Å². The standard InChI is InChI=1S/C14H19N3O/c1-11-14(18)17(10-6-9-16(2)3)13-8-5-4-7-12(13)15-11/h4-5,7-8H,6,9-10H2,1-3H3. The highest BCUT2D eigenvalue weighted by Crippen LogP contribution is 2.10. The van der Waals surface area contributed by atoms with Gasteiger partial charge in [-0.05, 0) is 46.1 Å². The van der Waals surface area contributed by atoms with E-state index in [1.54, 1.807) is 6.92 Å². The molecule has 0 spiro atoms. The zero-order valence-corrected chi connectivity index (χ0v) is 11.2. The highest BCUT2D eigenvalue weighted by molar-refractivity contribution is 5.74. The first-order chi connectivity index (χ1) is 8.59. The van der Waals surface area contributed by atoms with Crippen LogP contribution in [-0.2, 0) is 6.54 Å². The lowest BCUT2D eigenvalue weighted by molar-refractivity contribution is 0.386. The van der Waals surface area contributed by atoms with Crippen molar-refractivity contribution in [2.45, 2.75) is 19.9 Å². The van der Waals surface area contributed by atoms with E-state index in [0.29, 0.717) is 5.69 Å². The topological polar surface area (TPSA) is 38.1 Å². The predicted octanol–water partition coefficient (Wildman–Crippen LogP) is 1.66. The van der Waals surface area contributed by atoms with Gasteiger partial charge in [0, 0.05) is 6.54 Å². The van der Waals surface area contributed by atoms with Gasteiger partial charge in [0.2, 0.25) is 0 Å². The molecule has 0 aliphatic rings. The van der Waals surface area contributed by atoms with Crippen molar-refractivity contribution in [3.63, 3.8) is 0 Å². The summed E-state index contributed by atoms with van der Waals surface area (Å²) in [6.45, 7) is 3.49. The SMILES string of the molecule is Cc1nc2ccccc2n(CCCN(C)C)c1=O. The van der Waals surface area contributed by atoms with Gasteiger partial charge in [0.15, 0.2) is 0 Å². The fraction of sp³-hybridized carbons (Fsp3) is 0.429. The molecule has 4 heteroatoms. The molecule has 1 aromatic carbocycles. The normalized spacial score (nSPS) is 11.3. The second-order valence-corrected chi connectivity index (χ2v) is 4.80. The summed E-state index contributed by atoms with van der Waals surface area (Å²) in [7, 11) is 4.08. The molecular weight excluding hydrogens is 226 g/mol. The Labute approximate surface area is 107 Å². The molecule has 1 aromatic heterocycles. The fourth-order valence-electron chi connectivity index (χ4n) is 2.09. The molecule has 0 aliphatic carbocycles. The highest BCUT2D eigenvalue weighted by Gasteiger charge is 2.07. The van der Waals surface area contributed by atoms with E-state index in [4.69, 9.17) is 0 Å². The van der Waals surface area contributed by atoms with Crippen molar-refractivity contribution in [2.75, 3.05) is 20.6 Å². The molecule has 0 N–H and O–H groups in total. The van der Waals surface area contributed by atoms with Crippen molar-refractivity contribution < 1.29 is 0 Å². The molecule has 0 saturated heterocycles. The molecule has 2 aromatic rings. The first kappa shape index (κ1) is 12.8. The van der Waals surface area contributed by atoms with Crippen LogP contribution in [0, 0.1) is 6.92 Å². The van der Waals surface area contributed by atoms with Crippen LogP contribution < -0.4 is 5.56 Å². The smallest absolute Gasteiger partial charge is 0.272 e. The summed E-state index contributed by atoms with van der Waals surface area (Å²) < 4.78 is 1.83. The van der Waals surface area contributed by atoms with Crippen molar-refractivity contribution in [1.29, 1.82) is 0 Å². The maximum atomic E-state index is 12.1. The molecule has 0 radical (unpaired) electrons. The number of nitrogens with zero attached hydrogens (tertiary/aromatic N) is 3. The van der Waals surface area contributed by atoms with Crippen molar-refractivity contribution in [3.8, 4) is 0 Å². The Hall–Kier alpha value is -1.68. The maximum absolute atomic E-state index is 12.1. The highest BCUT2D eigenvalue weighted by atomic mass is 16.1. The maximum Gasteiger partial charge on any atom is 0.272 e. The third-order valence-electron chi connectivity index (χ3n) is 3.00. The van der Waals surface area contributed by atoms with Crippen LogP contribution in [0.15, 0.2) is 29.1 Å². The third-order valence-corrected chi connectivity index (χ3v) is 3.00. The van der Waals surface area contributed by atoms with Crippen LogP contribution in [-0.4, -0.2) is 35.1 Å². The second-order valence-electron chi connectivity index (χ2n) is 4.80. The van der Waals surface area contributed by atoms with Crippen LogP contribution in [0.2, 0.25) is 0 Å². The third kappa shape index (κ3) is 2.59. The van der Waals surface area contributed by atoms with Crippen molar-refractivity contribution in [2.24, 2.45) is 0 Å². The van der Waals surface area contributed by atoms with Crippen LogP contribution in [0.3, 0.4) is 0 Å². The van der Waals surface area contributed by atoms with Gasteiger partial charge in [-0.2, -0.15) is 0 Å². The summed E-state index contributed by atoms with van der Waals surface area (Å²) in [5.41, 5.74) is 2.40. The van der Waals surface area contributed by atoms with Crippen molar-refractivity contribution in [1.82, 2.24) is 14.5 Å².